The van der Waals surface area contributed by atoms with Crippen molar-refractivity contribution in [2.45, 2.75) is 13.8 Å². The summed E-state index contributed by atoms with van der Waals surface area (Å²) in [6, 6.07) is 5.76. The predicted octanol–water partition coefficient (Wildman–Crippen LogP) is 3.65. The van der Waals surface area contributed by atoms with Gasteiger partial charge in [-0.1, -0.05) is 17.7 Å². The molecule has 2 aromatic rings. The molecule has 6 heteroatoms. The summed E-state index contributed by atoms with van der Waals surface area (Å²) in [5.41, 5.74) is 3.02. The molecule has 1 aromatic heterocycles. The molecule has 1 heterocycles. The van der Waals surface area contributed by atoms with Gasteiger partial charge in [-0.15, -0.1) is 0 Å². The largest absolute Gasteiger partial charge is 0.322 e. The van der Waals surface area contributed by atoms with Crippen molar-refractivity contribution in [2.24, 2.45) is 0 Å². The van der Waals surface area contributed by atoms with Gasteiger partial charge in [0.05, 0.1) is 5.56 Å². The highest BCUT2D eigenvalue weighted by molar-refractivity contribution is 6.34. The standard InChI is InChI=1S/C13H11Cl2N3O/c1-7-3-8(2)5-9(4-7)17-12(19)10-6-16-13(15)18-11(10)14/h3-6H,1-2H3,(H,17,19). The van der Waals surface area contributed by atoms with Gasteiger partial charge in [-0.25, -0.2) is 9.97 Å². The van der Waals surface area contributed by atoms with E-state index in [-0.39, 0.29) is 21.9 Å². The molecule has 0 bridgehead atoms. The number of carbonyl (C=O) groups is 1. The Labute approximate surface area is 120 Å². The van der Waals surface area contributed by atoms with E-state index in [4.69, 9.17) is 23.2 Å². The number of amides is 1. The fourth-order valence-corrected chi connectivity index (χ4v) is 2.13. The average molecular weight is 296 g/mol. The van der Waals surface area contributed by atoms with Crippen LogP contribution in [0.25, 0.3) is 0 Å². The highest BCUT2D eigenvalue weighted by Crippen LogP contribution is 2.18. The third-order valence-electron chi connectivity index (χ3n) is 2.44. The number of benzene rings is 1. The highest BCUT2D eigenvalue weighted by Gasteiger charge is 2.13. The van der Waals surface area contributed by atoms with E-state index < -0.39 is 0 Å². The van der Waals surface area contributed by atoms with E-state index in [0.717, 1.165) is 11.1 Å². The molecule has 1 amide bonds. The van der Waals surface area contributed by atoms with Gasteiger partial charge in [0.15, 0.2) is 0 Å². The number of carbonyl (C=O) groups excluding carboxylic acids is 1. The molecular weight excluding hydrogens is 285 g/mol. The molecule has 1 aromatic carbocycles. The van der Waals surface area contributed by atoms with Crippen LogP contribution in [0.2, 0.25) is 10.4 Å². The van der Waals surface area contributed by atoms with Crippen molar-refractivity contribution < 1.29 is 4.79 Å². The monoisotopic (exact) mass is 295 g/mol. The number of hydrogen-bond acceptors (Lipinski definition) is 3. The second-order valence-corrected chi connectivity index (χ2v) is 4.87. The zero-order valence-electron chi connectivity index (χ0n) is 10.4. The van der Waals surface area contributed by atoms with E-state index in [1.165, 1.54) is 6.20 Å². The zero-order valence-corrected chi connectivity index (χ0v) is 11.9. The van der Waals surface area contributed by atoms with E-state index >= 15 is 0 Å². The van der Waals surface area contributed by atoms with Gasteiger partial charge in [0, 0.05) is 11.9 Å². The molecule has 2 rings (SSSR count). The van der Waals surface area contributed by atoms with E-state index in [0.29, 0.717) is 5.69 Å². The summed E-state index contributed by atoms with van der Waals surface area (Å²) in [6.07, 6.45) is 1.30. The summed E-state index contributed by atoms with van der Waals surface area (Å²) in [7, 11) is 0. The minimum absolute atomic E-state index is 0.00736. The number of nitrogens with zero attached hydrogens (tertiary/aromatic N) is 2. The molecule has 0 atom stereocenters. The van der Waals surface area contributed by atoms with E-state index in [1.54, 1.807) is 0 Å². The van der Waals surface area contributed by atoms with Crippen LogP contribution in [-0.4, -0.2) is 15.9 Å². The van der Waals surface area contributed by atoms with Crippen molar-refractivity contribution in [1.29, 1.82) is 0 Å². The predicted molar refractivity (Wildman–Crippen MR) is 75.9 cm³/mol. The lowest BCUT2D eigenvalue weighted by molar-refractivity contribution is 0.102. The lowest BCUT2D eigenvalue weighted by Crippen LogP contribution is -2.13. The second kappa shape index (κ2) is 5.55. The summed E-state index contributed by atoms with van der Waals surface area (Å²) in [6.45, 7) is 3.92. The maximum absolute atomic E-state index is 12.1. The lowest BCUT2D eigenvalue weighted by atomic mass is 10.1. The first-order valence-corrected chi connectivity index (χ1v) is 6.29. The Morgan fingerprint density at radius 3 is 2.37 bits per heavy atom. The molecular formula is C13H11Cl2N3O. The average Bonchev–Trinajstić information content (AvgIpc) is 2.26. The third-order valence-corrected chi connectivity index (χ3v) is 2.91. The van der Waals surface area contributed by atoms with Crippen LogP contribution < -0.4 is 5.32 Å². The molecule has 0 saturated heterocycles. The maximum Gasteiger partial charge on any atom is 0.260 e. The minimum Gasteiger partial charge on any atom is -0.322 e. The van der Waals surface area contributed by atoms with Gasteiger partial charge in [-0.05, 0) is 48.7 Å². The Morgan fingerprint density at radius 1 is 1.16 bits per heavy atom. The van der Waals surface area contributed by atoms with Gasteiger partial charge in [0.1, 0.15) is 5.15 Å². The van der Waals surface area contributed by atoms with Gasteiger partial charge in [0.2, 0.25) is 5.28 Å². The SMILES string of the molecule is Cc1cc(C)cc(NC(=O)c2cnc(Cl)nc2Cl)c1. The first-order valence-electron chi connectivity index (χ1n) is 5.53. The number of rotatable bonds is 2. The first-order chi connectivity index (χ1) is 8.95. The molecule has 0 aliphatic carbocycles. The van der Waals surface area contributed by atoms with Gasteiger partial charge < -0.3 is 5.32 Å². The Hall–Kier alpha value is -1.65. The Morgan fingerprint density at radius 2 is 1.79 bits per heavy atom. The van der Waals surface area contributed by atoms with Gasteiger partial charge in [-0.3, -0.25) is 4.79 Å². The van der Waals surface area contributed by atoms with Crippen molar-refractivity contribution in [3.05, 3.63) is 51.5 Å². The number of aromatic nitrogens is 2. The molecule has 0 aliphatic heterocycles. The van der Waals surface area contributed by atoms with E-state index in [2.05, 4.69) is 15.3 Å². The topological polar surface area (TPSA) is 54.9 Å². The van der Waals surface area contributed by atoms with Crippen LogP contribution in [0.3, 0.4) is 0 Å². The van der Waals surface area contributed by atoms with Crippen LogP contribution in [-0.2, 0) is 0 Å². The third kappa shape index (κ3) is 3.43. The van der Waals surface area contributed by atoms with Crippen molar-refractivity contribution in [3.63, 3.8) is 0 Å². The summed E-state index contributed by atoms with van der Waals surface area (Å²) >= 11 is 11.4. The number of nitrogens with one attached hydrogen (secondary N) is 1. The van der Waals surface area contributed by atoms with Crippen molar-refractivity contribution in [1.82, 2.24) is 9.97 Å². The minimum atomic E-state index is -0.369. The van der Waals surface area contributed by atoms with Crippen molar-refractivity contribution in [2.75, 3.05) is 5.32 Å². The van der Waals surface area contributed by atoms with Crippen molar-refractivity contribution >= 4 is 34.8 Å². The first kappa shape index (κ1) is 13.8. The fourth-order valence-electron chi connectivity index (χ4n) is 1.74. The summed E-state index contributed by atoms with van der Waals surface area (Å²) in [4.78, 5) is 19.5. The van der Waals surface area contributed by atoms with Crippen LogP contribution >= 0.6 is 23.2 Å². The normalized spacial score (nSPS) is 10.3. The van der Waals surface area contributed by atoms with Crippen LogP contribution in [0.1, 0.15) is 21.5 Å². The van der Waals surface area contributed by atoms with Crippen molar-refractivity contribution in [3.8, 4) is 0 Å². The van der Waals surface area contributed by atoms with E-state index in [9.17, 15) is 4.79 Å². The Balaban J connectivity index is 2.25. The van der Waals surface area contributed by atoms with Crippen LogP contribution in [0.5, 0.6) is 0 Å². The molecule has 0 saturated carbocycles. The van der Waals surface area contributed by atoms with Crippen LogP contribution in [0, 0.1) is 13.8 Å². The Bertz CT molecular complexity index is 624. The van der Waals surface area contributed by atoms with Gasteiger partial charge >= 0.3 is 0 Å². The molecule has 98 valence electrons. The molecule has 4 nitrogen and oxygen atoms in total. The van der Waals surface area contributed by atoms with Crippen LogP contribution in [0.4, 0.5) is 5.69 Å². The Kier molecular flexibility index (Phi) is 4.02. The quantitative estimate of drug-likeness (QED) is 0.679. The molecule has 0 spiro atoms. The molecule has 0 aliphatic rings. The molecule has 19 heavy (non-hydrogen) atoms. The summed E-state index contributed by atoms with van der Waals surface area (Å²) in [5.74, 6) is -0.369. The molecule has 0 unspecified atom stereocenters. The number of aryl methyl sites for hydroxylation is 2. The number of anilines is 1. The number of halogens is 2. The highest BCUT2D eigenvalue weighted by atomic mass is 35.5. The summed E-state index contributed by atoms with van der Waals surface area (Å²) < 4.78 is 0. The number of hydrogen-bond donors (Lipinski definition) is 1. The zero-order chi connectivity index (χ0) is 14.0. The van der Waals surface area contributed by atoms with Crippen LogP contribution in [0.15, 0.2) is 24.4 Å². The smallest absolute Gasteiger partial charge is 0.260 e. The van der Waals surface area contributed by atoms with E-state index in [1.807, 2.05) is 32.0 Å². The molecule has 0 fully saturated rings. The maximum atomic E-state index is 12.1. The van der Waals surface area contributed by atoms with Gasteiger partial charge in [-0.2, -0.15) is 0 Å². The molecule has 1 N–H and O–H groups in total. The molecule has 0 radical (unpaired) electrons. The lowest BCUT2D eigenvalue weighted by Gasteiger charge is -2.08. The van der Waals surface area contributed by atoms with Gasteiger partial charge in [0.25, 0.3) is 5.91 Å². The fraction of sp³-hybridized carbons (Fsp3) is 0.154. The summed E-state index contributed by atoms with van der Waals surface area (Å²) in [5, 5.41) is 2.79. The second-order valence-electron chi connectivity index (χ2n) is 4.17.